The number of nitrogens with two attached hydrogens (primary N) is 1. The Hall–Kier alpha value is -2.23. The van der Waals surface area contributed by atoms with Gasteiger partial charge in [-0.05, 0) is 0 Å². The number of nitrogens with zero attached hydrogens (tertiary/aromatic N) is 2. The van der Waals surface area contributed by atoms with Gasteiger partial charge in [0.25, 0.3) is 5.91 Å². The molecule has 0 saturated heterocycles. The molecule has 1 aromatic heterocycles. The molecule has 0 aliphatic heterocycles. The van der Waals surface area contributed by atoms with E-state index >= 15 is 0 Å². The molecule has 0 aliphatic rings. The Morgan fingerprint density at radius 1 is 1.07 bits per heavy atom. The van der Waals surface area contributed by atoms with E-state index in [1.54, 1.807) is 0 Å². The summed E-state index contributed by atoms with van der Waals surface area (Å²) in [6.45, 7) is 0. The molecule has 2 rings (SSSR count). The SMILES string of the molecule is NC(=O)c1cnc(-c2ccccc2)nc1. The van der Waals surface area contributed by atoms with Crippen molar-refractivity contribution in [1.82, 2.24) is 9.97 Å². The molecule has 74 valence electrons. The lowest BCUT2D eigenvalue weighted by Crippen LogP contribution is -2.11. The number of carbonyl (C=O) groups excluding carboxylic acids is 1. The molecule has 0 unspecified atom stereocenters. The summed E-state index contributed by atoms with van der Waals surface area (Å²) in [5, 5.41) is 0. The van der Waals surface area contributed by atoms with Gasteiger partial charge in [-0.2, -0.15) is 0 Å². The monoisotopic (exact) mass is 199 g/mol. The Labute approximate surface area is 86.8 Å². The van der Waals surface area contributed by atoms with E-state index in [9.17, 15) is 4.79 Å². The van der Waals surface area contributed by atoms with Gasteiger partial charge < -0.3 is 5.73 Å². The van der Waals surface area contributed by atoms with Gasteiger partial charge in [0.1, 0.15) is 0 Å². The fourth-order valence-electron chi connectivity index (χ4n) is 1.19. The Balaban J connectivity index is 2.36. The highest BCUT2D eigenvalue weighted by molar-refractivity contribution is 5.92. The van der Waals surface area contributed by atoms with Crippen molar-refractivity contribution < 1.29 is 4.79 Å². The van der Waals surface area contributed by atoms with Crippen LogP contribution in [-0.2, 0) is 0 Å². The highest BCUT2D eigenvalue weighted by atomic mass is 16.1. The zero-order chi connectivity index (χ0) is 10.7. The number of hydrogen-bond donors (Lipinski definition) is 1. The molecule has 0 radical (unpaired) electrons. The highest BCUT2D eigenvalue weighted by Gasteiger charge is 2.03. The lowest BCUT2D eigenvalue weighted by atomic mass is 10.2. The topological polar surface area (TPSA) is 68.9 Å². The Morgan fingerprint density at radius 2 is 1.67 bits per heavy atom. The van der Waals surface area contributed by atoms with Crippen molar-refractivity contribution in [3.8, 4) is 11.4 Å². The van der Waals surface area contributed by atoms with Crippen LogP contribution in [0.3, 0.4) is 0 Å². The Bertz CT molecular complexity index is 465. The molecule has 1 heterocycles. The summed E-state index contributed by atoms with van der Waals surface area (Å²) in [6.07, 6.45) is 2.86. The van der Waals surface area contributed by atoms with Gasteiger partial charge in [-0.1, -0.05) is 30.3 Å². The molecule has 0 aliphatic carbocycles. The molecule has 15 heavy (non-hydrogen) atoms. The van der Waals surface area contributed by atoms with E-state index in [0.717, 1.165) is 5.56 Å². The fourth-order valence-corrected chi connectivity index (χ4v) is 1.19. The normalized spacial score (nSPS) is 9.87. The molecular formula is C11H9N3O. The first-order valence-corrected chi connectivity index (χ1v) is 4.44. The second kappa shape index (κ2) is 3.88. The van der Waals surface area contributed by atoms with Crippen molar-refractivity contribution in [2.24, 2.45) is 5.73 Å². The van der Waals surface area contributed by atoms with Crippen LogP contribution < -0.4 is 5.73 Å². The second-order valence-corrected chi connectivity index (χ2v) is 3.03. The van der Waals surface area contributed by atoms with E-state index in [2.05, 4.69) is 9.97 Å². The van der Waals surface area contributed by atoms with Gasteiger partial charge in [0.05, 0.1) is 5.56 Å². The molecule has 1 amide bonds. The predicted molar refractivity (Wildman–Crippen MR) is 56.0 cm³/mol. The molecule has 0 saturated carbocycles. The zero-order valence-electron chi connectivity index (χ0n) is 7.92. The molecule has 2 aromatic rings. The third-order valence-electron chi connectivity index (χ3n) is 1.97. The number of primary amides is 1. The lowest BCUT2D eigenvalue weighted by Gasteiger charge is -1.99. The number of hydrogen-bond acceptors (Lipinski definition) is 3. The summed E-state index contributed by atoms with van der Waals surface area (Å²) >= 11 is 0. The van der Waals surface area contributed by atoms with Crippen LogP contribution in [0, 0.1) is 0 Å². The van der Waals surface area contributed by atoms with Crippen LogP contribution in [0.4, 0.5) is 0 Å². The molecule has 2 N–H and O–H groups in total. The van der Waals surface area contributed by atoms with Crippen LogP contribution in [0.2, 0.25) is 0 Å². The molecule has 0 bridgehead atoms. The largest absolute Gasteiger partial charge is 0.366 e. The van der Waals surface area contributed by atoms with E-state index in [1.165, 1.54) is 12.4 Å². The smallest absolute Gasteiger partial charge is 0.251 e. The summed E-state index contributed by atoms with van der Waals surface area (Å²) in [7, 11) is 0. The average Bonchev–Trinajstić information content (AvgIpc) is 2.30. The molecule has 4 heteroatoms. The van der Waals surface area contributed by atoms with Crippen LogP contribution >= 0.6 is 0 Å². The summed E-state index contributed by atoms with van der Waals surface area (Å²) < 4.78 is 0. The van der Waals surface area contributed by atoms with E-state index in [0.29, 0.717) is 11.4 Å². The van der Waals surface area contributed by atoms with Crippen LogP contribution in [0.25, 0.3) is 11.4 Å². The van der Waals surface area contributed by atoms with Crippen LogP contribution in [0.15, 0.2) is 42.7 Å². The highest BCUT2D eigenvalue weighted by Crippen LogP contribution is 2.12. The van der Waals surface area contributed by atoms with Crippen molar-refractivity contribution in [1.29, 1.82) is 0 Å². The molecular weight excluding hydrogens is 190 g/mol. The summed E-state index contributed by atoms with van der Waals surface area (Å²) in [5.74, 6) is 0.0650. The maximum atomic E-state index is 10.8. The van der Waals surface area contributed by atoms with Gasteiger partial charge >= 0.3 is 0 Å². The molecule has 4 nitrogen and oxygen atoms in total. The predicted octanol–water partition coefficient (Wildman–Crippen LogP) is 1.24. The first-order valence-electron chi connectivity index (χ1n) is 4.44. The lowest BCUT2D eigenvalue weighted by molar-refractivity contribution is 0.0999. The molecule has 0 atom stereocenters. The van der Waals surface area contributed by atoms with Crippen molar-refractivity contribution in [3.05, 3.63) is 48.3 Å². The van der Waals surface area contributed by atoms with Crippen molar-refractivity contribution >= 4 is 5.91 Å². The van der Waals surface area contributed by atoms with Gasteiger partial charge in [0.15, 0.2) is 5.82 Å². The van der Waals surface area contributed by atoms with Crippen molar-refractivity contribution in [2.45, 2.75) is 0 Å². The maximum Gasteiger partial charge on any atom is 0.251 e. The number of amides is 1. The summed E-state index contributed by atoms with van der Waals surface area (Å²) in [6, 6.07) is 9.53. The third-order valence-corrected chi connectivity index (χ3v) is 1.97. The van der Waals surface area contributed by atoms with E-state index < -0.39 is 5.91 Å². The van der Waals surface area contributed by atoms with Gasteiger partial charge in [-0.3, -0.25) is 4.79 Å². The molecule has 0 spiro atoms. The van der Waals surface area contributed by atoms with Crippen molar-refractivity contribution in [2.75, 3.05) is 0 Å². The maximum absolute atomic E-state index is 10.8. The summed E-state index contributed by atoms with van der Waals surface area (Å²) in [4.78, 5) is 18.9. The van der Waals surface area contributed by atoms with E-state index in [-0.39, 0.29) is 0 Å². The molecule has 0 fully saturated rings. The second-order valence-electron chi connectivity index (χ2n) is 3.03. The van der Waals surface area contributed by atoms with Crippen molar-refractivity contribution in [3.63, 3.8) is 0 Å². The minimum Gasteiger partial charge on any atom is -0.366 e. The van der Waals surface area contributed by atoms with Crippen LogP contribution in [-0.4, -0.2) is 15.9 Å². The first kappa shape index (κ1) is 9.33. The molecule has 1 aromatic carbocycles. The number of rotatable bonds is 2. The number of carbonyl (C=O) groups is 1. The zero-order valence-corrected chi connectivity index (χ0v) is 7.92. The quantitative estimate of drug-likeness (QED) is 0.791. The van der Waals surface area contributed by atoms with Gasteiger partial charge in [0, 0.05) is 18.0 Å². The summed E-state index contributed by atoms with van der Waals surface area (Å²) in [5.41, 5.74) is 6.31. The number of benzene rings is 1. The van der Waals surface area contributed by atoms with Gasteiger partial charge in [0.2, 0.25) is 0 Å². The van der Waals surface area contributed by atoms with E-state index in [4.69, 9.17) is 5.73 Å². The minimum absolute atomic E-state index is 0.315. The Kier molecular flexibility index (Phi) is 2.41. The average molecular weight is 199 g/mol. The van der Waals surface area contributed by atoms with Crippen LogP contribution in [0.5, 0.6) is 0 Å². The first-order chi connectivity index (χ1) is 7.27. The number of aromatic nitrogens is 2. The van der Waals surface area contributed by atoms with Gasteiger partial charge in [-0.15, -0.1) is 0 Å². The minimum atomic E-state index is -0.519. The van der Waals surface area contributed by atoms with E-state index in [1.807, 2.05) is 30.3 Å². The third kappa shape index (κ3) is 1.99. The Morgan fingerprint density at radius 3 is 2.20 bits per heavy atom. The standard InChI is InChI=1S/C11H9N3O/c12-10(15)9-6-13-11(14-7-9)8-4-2-1-3-5-8/h1-7H,(H2,12,15). The fraction of sp³-hybridized carbons (Fsp3) is 0. The van der Waals surface area contributed by atoms with Gasteiger partial charge in [-0.25, -0.2) is 9.97 Å². The van der Waals surface area contributed by atoms with Crippen LogP contribution in [0.1, 0.15) is 10.4 Å².